The summed E-state index contributed by atoms with van der Waals surface area (Å²) in [4.78, 5) is 25.1. The van der Waals surface area contributed by atoms with E-state index in [9.17, 15) is 9.59 Å². The van der Waals surface area contributed by atoms with Gasteiger partial charge in [-0.2, -0.15) is 5.10 Å². The monoisotopic (exact) mass is 327 g/mol. The van der Waals surface area contributed by atoms with E-state index in [1.165, 1.54) is 11.1 Å². The van der Waals surface area contributed by atoms with Crippen LogP contribution in [0, 0.1) is 0 Å². The van der Waals surface area contributed by atoms with Gasteiger partial charge in [0, 0.05) is 18.7 Å². The maximum absolute atomic E-state index is 11.9. The van der Waals surface area contributed by atoms with E-state index in [1.807, 2.05) is 0 Å². The van der Waals surface area contributed by atoms with Crippen LogP contribution in [0.4, 0.5) is 0 Å². The SMILES string of the molecule is O=C(N/N=C/c1c(Cl)cccc1Cl)C(=O)N1CCCCC1. The number of carbonyl (C=O) groups excluding carboxylic acids is 2. The fourth-order valence-electron chi connectivity index (χ4n) is 2.08. The number of nitrogens with zero attached hydrogens (tertiary/aromatic N) is 2. The molecule has 112 valence electrons. The first-order valence-corrected chi connectivity index (χ1v) is 7.41. The smallest absolute Gasteiger partial charge is 0.329 e. The molecule has 0 bridgehead atoms. The van der Waals surface area contributed by atoms with E-state index in [0.29, 0.717) is 28.7 Å². The number of likely N-dealkylation sites (tertiary alicyclic amines) is 1. The lowest BCUT2D eigenvalue weighted by Gasteiger charge is -2.25. The summed E-state index contributed by atoms with van der Waals surface area (Å²) in [6.07, 6.45) is 4.27. The maximum Gasteiger partial charge on any atom is 0.329 e. The number of nitrogens with one attached hydrogen (secondary N) is 1. The van der Waals surface area contributed by atoms with Gasteiger partial charge >= 0.3 is 11.8 Å². The highest BCUT2D eigenvalue weighted by Crippen LogP contribution is 2.21. The molecule has 0 radical (unpaired) electrons. The van der Waals surface area contributed by atoms with Crippen molar-refractivity contribution in [2.75, 3.05) is 13.1 Å². The number of hydrogen-bond acceptors (Lipinski definition) is 3. The summed E-state index contributed by atoms with van der Waals surface area (Å²) in [5.74, 6) is -1.31. The lowest BCUT2D eigenvalue weighted by atomic mass is 10.1. The van der Waals surface area contributed by atoms with E-state index in [4.69, 9.17) is 23.2 Å². The summed E-state index contributed by atoms with van der Waals surface area (Å²) < 4.78 is 0. The minimum absolute atomic E-state index is 0.419. The Labute approximate surface area is 132 Å². The second-order valence-corrected chi connectivity index (χ2v) is 5.50. The van der Waals surface area contributed by atoms with E-state index >= 15 is 0 Å². The highest BCUT2D eigenvalue weighted by atomic mass is 35.5. The normalized spacial score (nSPS) is 15.2. The van der Waals surface area contributed by atoms with Gasteiger partial charge in [0.25, 0.3) is 0 Å². The van der Waals surface area contributed by atoms with Crippen molar-refractivity contribution in [1.29, 1.82) is 0 Å². The van der Waals surface area contributed by atoms with Crippen molar-refractivity contribution >= 4 is 41.2 Å². The Bertz CT molecular complexity index is 549. The molecular formula is C14H15Cl2N3O2. The molecule has 1 aromatic rings. The van der Waals surface area contributed by atoms with Crippen LogP contribution in [0.15, 0.2) is 23.3 Å². The second kappa shape index (κ2) is 7.43. The van der Waals surface area contributed by atoms with E-state index < -0.39 is 11.8 Å². The fraction of sp³-hybridized carbons (Fsp3) is 0.357. The van der Waals surface area contributed by atoms with Crippen molar-refractivity contribution < 1.29 is 9.59 Å². The molecule has 2 amide bonds. The lowest BCUT2D eigenvalue weighted by molar-refractivity contribution is -0.146. The molecule has 2 rings (SSSR count). The van der Waals surface area contributed by atoms with Gasteiger partial charge in [-0.15, -0.1) is 0 Å². The molecule has 21 heavy (non-hydrogen) atoms. The van der Waals surface area contributed by atoms with Crippen molar-refractivity contribution in [3.8, 4) is 0 Å². The van der Waals surface area contributed by atoms with Crippen molar-refractivity contribution in [3.63, 3.8) is 0 Å². The van der Waals surface area contributed by atoms with Crippen molar-refractivity contribution in [2.24, 2.45) is 5.10 Å². The van der Waals surface area contributed by atoms with Crippen LogP contribution in [0.2, 0.25) is 10.0 Å². The lowest BCUT2D eigenvalue weighted by Crippen LogP contribution is -2.43. The van der Waals surface area contributed by atoms with Crippen LogP contribution in [0.5, 0.6) is 0 Å². The van der Waals surface area contributed by atoms with Gasteiger partial charge in [-0.3, -0.25) is 9.59 Å². The second-order valence-electron chi connectivity index (χ2n) is 4.69. The third-order valence-corrected chi connectivity index (χ3v) is 3.86. The van der Waals surface area contributed by atoms with Crippen LogP contribution in [0.3, 0.4) is 0 Å². The highest BCUT2D eigenvalue weighted by molar-refractivity contribution is 6.38. The van der Waals surface area contributed by atoms with E-state index in [1.54, 1.807) is 18.2 Å². The first-order chi connectivity index (χ1) is 10.1. The summed E-state index contributed by atoms with van der Waals surface area (Å²) in [5.41, 5.74) is 2.70. The van der Waals surface area contributed by atoms with Gasteiger partial charge in [-0.1, -0.05) is 29.3 Å². The molecule has 1 fully saturated rings. The molecule has 0 aliphatic carbocycles. The zero-order valence-electron chi connectivity index (χ0n) is 11.3. The van der Waals surface area contributed by atoms with Gasteiger partial charge < -0.3 is 4.90 Å². The molecular weight excluding hydrogens is 313 g/mol. The quantitative estimate of drug-likeness (QED) is 0.515. The summed E-state index contributed by atoms with van der Waals surface area (Å²) in [7, 11) is 0. The Kier molecular flexibility index (Phi) is 5.59. The molecule has 0 saturated carbocycles. The average Bonchev–Trinajstić information content (AvgIpc) is 2.50. The average molecular weight is 328 g/mol. The van der Waals surface area contributed by atoms with Crippen molar-refractivity contribution in [1.82, 2.24) is 10.3 Å². The first-order valence-electron chi connectivity index (χ1n) is 6.66. The number of rotatable bonds is 2. The number of piperidine rings is 1. The molecule has 0 aromatic heterocycles. The Hall–Kier alpha value is -1.59. The van der Waals surface area contributed by atoms with Crippen LogP contribution in [0.1, 0.15) is 24.8 Å². The molecule has 1 saturated heterocycles. The zero-order chi connectivity index (χ0) is 15.2. The maximum atomic E-state index is 11.9. The Morgan fingerprint density at radius 3 is 2.38 bits per heavy atom. The Morgan fingerprint density at radius 2 is 1.76 bits per heavy atom. The van der Waals surface area contributed by atoms with E-state index in [2.05, 4.69) is 10.5 Å². The molecule has 0 atom stereocenters. The number of benzene rings is 1. The number of amides is 2. The van der Waals surface area contributed by atoms with Crippen LogP contribution >= 0.6 is 23.2 Å². The number of hydrazone groups is 1. The largest absolute Gasteiger partial charge is 0.334 e. The first kappa shape index (κ1) is 15.8. The van der Waals surface area contributed by atoms with E-state index in [0.717, 1.165) is 19.3 Å². The molecule has 1 aromatic carbocycles. The Morgan fingerprint density at radius 1 is 1.14 bits per heavy atom. The molecule has 0 unspecified atom stereocenters. The van der Waals surface area contributed by atoms with Gasteiger partial charge in [0.1, 0.15) is 0 Å². The molecule has 1 heterocycles. The van der Waals surface area contributed by atoms with Gasteiger partial charge in [-0.25, -0.2) is 5.43 Å². The fourth-order valence-corrected chi connectivity index (χ4v) is 2.57. The van der Waals surface area contributed by atoms with Crippen LogP contribution in [-0.4, -0.2) is 36.0 Å². The number of halogens is 2. The molecule has 7 heteroatoms. The van der Waals surface area contributed by atoms with Crippen LogP contribution < -0.4 is 5.43 Å². The minimum Gasteiger partial charge on any atom is -0.334 e. The summed E-state index contributed by atoms with van der Waals surface area (Å²) in [6, 6.07) is 5.03. The van der Waals surface area contributed by atoms with Crippen molar-refractivity contribution in [2.45, 2.75) is 19.3 Å². The van der Waals surface area contributed by atoms with E-state index in [-0.39, 0.29) is 0 Å². The predicted octanol–water partition coefficient (Wildman–Crippen LogP) is 2.46. The van der Waals surface area contributed by atoms with Crippen LogP contribution in [-0.2, 0) is 9.59 Å². The van der Waals surface area contributed by atoms with Gasteiger partial charge in [0.05, 0.1) is 16.3 Å². The molecule has 1 aliphatic rings. The van der Waals surface area contributed by atoms with Crippen molar-refractivity contribution in [3.05, 3.63) is 33.8 Å². The molecule has 5 nitrogen and oxygen atoms in total. The highest BCUT2D eigenvalue weighted by Gasteiger charge is 2.22. The summed E-state index contributed by atoms with van der Waals surface area (Å²) in [5, 5.41) is 4.58. The van der Waals surface area contributed by atoms with Crippen LogP contribution in [0.25, 0.3) is 0 Å². The summed E-state index contributed by atoms with van der Waals surface area (Å²) in [6.45, 7) is 1.23. The molecule has 0 spiro atoms. The number of carbonyl (C=O) groups is 2. The zero-order valence-corrected chi connectivity index (χ0v) is 12.8. The molecule has 1 N–H and O–H groups in total. The third-order valence-electron chi connectivity index (χ3n) is 3.20. The van der Waals surface area contributed by atoms with Gasteiger partial charge in [0.15, 0.2) is 0 Å². The Balaban J connectivity index is 1.94. The number of hydrogen-bond donors (Lipinski definition) is 1. The molecule has 1 aliphatic heterocycles. The topological polar surface area (TPSA) is 61.8 Å². The minimum atomic E-state index is -0.753. The summed E-state index contributed by atoms with van der Waals surface area (Å²) >= 11 is 11.9. The predicted molar refractivity (Wildman–Crippen MR) is 82.6 cm³/mol. The van der Waals surface area contributed by atoms with Gasteiger partial charge in [-0.05, 0) is 31.4 Å². The standard InChI is InChI=1S/C14H15Cl2N3O2/c15-11-5-4-6-12(16)10(11)9-17-18-13(20)14(21)19-7-2-1-3-8-19/h4-6,9H,1-3,7-8H2,(H,18,20)/b17-9+. The third kappa shape index (κ3) is 4.19. The van der Waals surface area contributed by atoms with Gasteiger partial charge in [0.2, 0.25) is 0 Å².